The molecule has 476 valence electrons. The van der Waals surface area contributed by atoms with Gasteiger partial charge >= 0.3 is 37.1 Å². The molecule has 2 radical (unpaired) electrons. The maximum Gasteiger partial charge on any atom is 2.00 e. The molecular formula is C84H103N6V2+3. The summed E-state index contributed by atoms with van der Waals surface area (Å²) in [5.74, 6) is 1.27. The molecule has 8 heteroatoms. The summed E-state index contributed by atoms with van der Waals surface area (Å²) in [6, 6.07) is 60.0. The smallest absolute Gasteiger partial charge is 0.391 e. The van der Waals surface area contributed by atoms with Gasteiger partial charge in [-0.3, -0.25) is 0 Å². The van der Waals surface area contributed by atoms with E-state index in [9.17, 15) is 0 Å². The number of benzene rings is 8. The minimum Gasteiger partial charge on any atom is -0.391 e. The van der Waals surface area contributed by atoms with Crippen molar-refractivity contribution in [3.05, 3.63) is 279 Å². The van der Waals surface area contributed by atoms with E-state index in [-0.39, 0.29) is 37.1 Å². The summed E-state index contributed by atoms with van der Waals surface area (Å²) in [5.41, 5.74) is 22.7. The molecule has 0 N–H and O–H groups in total. The van der Waals surface area contributed by atoms with Crippen LogP contribution in [0.15, 0.2) is 192 Å². The predicted octanol–water partition coefficient (Wildman–Crippen LogP) is 19.6. The molecule has 0 unspecified atom stereocenters. The van der Waals surface area contributed by atoms with Crippen LogP contribution in [-0.4, -0.2) is 24.8 Å². The van der Waals surface area contributed by atoms with Gasteiger partial charge in [0.2, 0.25) is 0 Å². The first-order valence-corrected chi connectivity index (χ1v) is 31.4. The molecule has 0 bridgehead atoms. The number of hydrogen-bond acceptors (Lipinski definition) is 2. The summed E-state index contributed by atoms with van der Waals surface area (Å²) in [5, 5.41) is 10.8. The van der Waals surface area contributed by atoms with E-state index in [0.717, 1.165) is 22.3 Å². The molecule has 1 aliphatic heterocycles. The Morgan fingerprint density at radius 2 is 0.707 bits per heavy atom. The van der Waals surface area contributed by atoms with Crippen LogP contribution in [0.3, 0.4) is 0 Å². The van der Waals surface area contributed by atoms with E-state index in [1.165, 1.54) is 127 Å². The minimum atomic E-state index is 0. The standard InChI is InChI=1S/2C13H14.2C12H14N.C10H14N2.C10H13N2.2C7H10.2V/c2*1-9-8-12-6-4-5-7-13(12)11(3)10(9)2;2*1-9-8-11-6-4-5-7-12(11)10(2)13(9)3;2*1-8-11(2)9-6-4-5-7-10(9)12(8)3;2*1-5-7(4)6(2)3;;/h4*4-8H,1-3H3;4-8H,1-3H3;4-7H,1-3H3;2*2H,1,3-4H3;;/q;;2*+1;;+1;2*-2;2*+2. The van der Waals surface area contributed by atoms with Crippen LogP contribution in [0, 0.1) is 101 Å². The zero-order valence-corrected chi connectivity index (χ0v) is 62.8. The Balaban J connectivity index is 0.000000276. The van der Waals surface area contributed by atoms with Crippen molar-refractivity contribution in [1.82, 2.24) is 4.57 Å². The third-order valence-electron chi connectivity index (χ3n) is 18.5. The third kappa shape index (κ3) is 19.7. The summed E-state index contributed by atoms with van der Waals surface area (Å²) in [6.45, 7) is 48.1. The molecule has 0 spiro atoms. The molecular weight excluding hydrogens is 1190 g/mol. The maximum atomic E-state index is 5.36. The van der Waals surface area contributed by atoms with Gasteiger partial charge in [-0.15, -0.1) is 41.5 Å². The van der Waals surface area contributed by atoms with Gasteiger partial charge < -0.3 is 57.4 Å². The summed E-state index contributed by atoms with van der Waals surface area (Å²) in [4.78, 5) is 4.57. The van der Waals surface area contributed by atoms with Gasteiger partial charge in [0, 0.05) is 71.6 Å². The number of aryl methyl sites for hydroxylation is 10. The van der Waals surface area contributed by atoms with Gasteiger partial charge in [-0.25, -0.2) is 18.3 Å². The van der Waals surface area contributed by atoms with Crippen LogP contribution >= 0.6 is 0 Å². The van der Waals surface area contributed by atoms with Gasteiger partial charge in [0.05, 0.1) is 31.6 Å². The number of para-hydroxylation sites is 4. The van der Waals surface area contributed by atoms with Crippen molar-refractivity contribution in [2.75, 3.05) is 23.9 Å². The number of nitrogens with zero attached hydrogens (tertiary/aromatic N) is 6. The first kappa shape index (κ1) is 78.5. The van der Waals surface area contributed by atoms with E-state index in [0.29, 0.717) is 6.17 Å². The Kier molecular flexibility index (Phi) is 31.2. The normalized spacial score (nSPS) is 11.4. The Morgan fingerprint density at radius 1 is 0.402 bits per heavy atom. The number of rotatable bonds is 2. The van der Waals surface area contributed by atoms with E-state index in [4.69, 9.17) is 13.2 Å². The van der Waals surface area contributed by atoms with Crippen molar-refractivity contribution in [3.8, 4) is 0 Å². The Bertz CT molecular complexity index is 3920. The fourth-order valence-electron chi connectivity index (χ4n) is 10.8. The van der Waals surface area contributed by atoms with Crippen LogP contribution in [0.1, 0.15) is 110 Å². The molecule has 4 heterocycles. The van der Waals surface area contributed by atoms with Crippen LogP contribution in [0.5, 0.6) is 0 Å². The summed E-state index contributed by atoms with van der Waals surface area (Å²) in [7, 11) is 12.7. The average Bonchev–Trinajstić information content (AvgIpc) is 1.34. The van der Waals surface area contributed by atoms with Gasteiger partial charge in [-0.1, -0.05) is 121 Å². The summed E-state index contributed by atoms with van der Waals surface area (Å²) < 4.78 is 8.86. The van der Waals surface area contributed by atoms with Crippen LogP contribution in [0.4, 0.5) is 11.4 Å². The Labute approximate surface area is 579 Å². The van der Waals surface area contributed by atoms with E-state index >= 15 is 0 Å². The molecule has 6 nitrogen and oxygen atoms in total. The number of allylic oxidation sites excluding steroid dienone is 6. The van der Waals surface area contributed by atoms with Gasteiger partial charge in [0.15, 0.2) is 33.8 Å². The second-order valence-electron chi connectivity index (χ2n) is 24.0. The molecule has 92 heavy (non-hydrogen) atoms. The average molecular weight is 1300 g/mol. The van der Waals surface area contributed by atoms with Crippen molar-refractivity contribution in [2.45, 2.75) is 131 Å². The third-order valence-corrected chi connectivity index (χ3v) is 18.5. The Morgan fingerprint density at radius 3 is 1.03 bits per heavy atom. The second kappa shape index (κ2) is 36.5. The van der Waals surface area contributed by atoms with E-state index in [1.54, 1.807) is 0 Å². The van der Waals surface area contributed by atoms with Gasteiger partial charge in [0.25, 0.3) is 5.82 Å². The van der Waals surface area contributed by atoms with Gasteiger partial charge in [-0.05, 0) is 151 Å². The SMILES string of the molecule is CC1N(C)c2ccccc2N1C.Cc1cc2ccccc2c(C)[n+]1C.Cc1cc2ccccc2c(C)[n+]1C.Cc1cc2ccccc2c(C)c1C.Cc1cc2ccccc2c(C)c1C.Cc1n(C)c2ccccc2[n+]1C.[CH-]=C(C)C(C)=[C-]C.[CH-]=C(C)C(C)=[C-]C.[V+2].[V+2]. The van der Waals surface area contributed by atoms with Crippen LogP contribution in [0.2, 0.25) is 0 Å². The zero-order valence-electron chi connectivity index (χ0n) is 60.0. The first-order chi connectivity index (χ1) is 42.6. The fourth-order valence-corrected chi connectivity index (χ4v) is 10.8. The van der Waals surface area contributed by atoms with Crippen molar-refractivity contribution >= 4 is 65.5 Å². The predicted molar refractivity (Wildman–Crippen MR) is 390 cm³/mol. The maximum absolute atomic E-state index is 5.36. The molecule has 3 aromatic heterocycles. The number of aromatic nitrogens is 4. The van der Waals surface area contributed by atoms with Gasteiger partial charge in [-0.2, -0.15) is 0 Å². The molecule has 0 atom stereocenters. The van der Waals surface area contributed by atoms with Crippen LogP contribution in [0.25, 0.3) is 54.1 Å². The number of pyridine rings is 2. The fraction of sp³-hybridized carbons (Fsp3) is 0.298. The zero-order chi connectivity index (χ0) is 66.8. The van der Waals surface area contributed by atoms with Crippen molar-refractivity contribution in [1.29, 1.82) is 0 Å². The van der Waals surface area contributed by atoms with E-state index in [1.807, 2.05) is 41.5 Å². The van der Waals surface area contributed by atoms with Crippen molar-refractivity contribution < 1.29 is 50.8 Å². The molecule has 0 aliphatic carbocycles. The van der Waals surface area contributed by atoms with Crippen LogP contribution < -0.4 is 23.5 Å². The molecule has 0 saturated carbocycles. The molecule has 8 aromatic carbocycles. The second-order valence-corrected chi connectivity index (χ2v) is 24.0. The van der Waals surface area contributed by atoms with Crippen molar-refractivity contribution in [2.24, 2.45) is 28.2 Å². The summed E-state index contributed by atoms with van der Waals surface area (Å²) >= 11 is 0. The molecule has 0 saturated heterocycles. The molecule has 12 rings (SSSR count). The Hall–Kier alpha value is -7.70. The molecule has 1 aliphatic rings. The molecule has 11 aromatic rings. The minimum absolute atomic E-state index is 0. The monoisotopic (exact) mass is 1300 g/mol. The first-order valence-electron chi connectivity index (χ1n) is 31.4. The number of hydrogen-bond donors (Lipinski definition) is 0. The quantitative estimate of drug-likeness (QED) is 0.0978. The molecule has 0 amide bonds. The number of imidazole rings is 1. The number of anilines is 2. The van der Waals surface area contributed by atoms with Gasteiger partial charge in [0.1, 0.15) is 14.1 Å². The van der Waals surface area contributed by atoms with E-state index < -0.39 is 0 Å². The largest absolute Gasteiger partial charge is 2.00 e. The van der Waals surface area contributed by atoms with E-state index in [2.05, 4.69) is 335 Å². The van der Waals surface area contributed by atoms with Crippen molar-refractivity contribution in [3.63, 3.8) is 0 Å². The molecule has 0 fully saturated rings. The summed E-state index contributed by atoms with van der Waals surface area (Å²) in [6.07, 6.45) is 6.31. The van der Waals surface area contributed by atoms with Crippen LogP contribution in [-0.2, 0) is 65.3 Å². The number of fused-ring (bicyclic) bond motifs is 6. The topological polar surface area (TPSA) is 23.0 Å².